The number of guanidine groups is 1. The van der Waals surface area contributed by atoms with Crippen LogP contribution in [0.1, 0.15) is 44.1 Å². The molecule has 2 fully saturated rings. The van der Waals surface area contributed by atoms with Crippen LogP contribution in [0.25, 0.3) is 0 Å². The maximum absolute atomic E-state index is 13.7. The van der Waals surface area contributed by atoms with Crippen molar-refractivity contribution in [3.05, 3.63) is 48.0 Å². The first-order chi connectivity index (χ1) is 19.6. The number of rotatable bonds is 12. The summed E-state index contributed by atoms with van der Waals surface area (Å²) in [5.41, 5.74) is 8.06. The standard InChI is InChI=1S/C27H39N5O7S2.2ClH/c1-21-18-23(37-16-7-17-38-30-27(28)29)20-24(19-21)39-41(35,36)26-9-4-3-8-25(26)40(33,34)32-14-10-22(11-15-32)31-12-5-2-6-13-31;;/h3-4,8-9,18-20,22H,2,5-7,10-17H2,1H3,(H4,28,29,30);2*1H. The Kier molecular flexibility index (Phi) is 14.3. The van der Waals surface area contributed by atoms with Gasteiger partial charge in [0, 0.05) is 31.6 Å². The van der Waals surface area contributed by atoms with E-state index in [4.69, 9.17) is 24.9 Å². The van der Waals surface area contributed by atoms with Crippen LogP contribution in [0.15, 0.2) is 52.3 Å². The summed E-state index contributed by atoms with van der Waals surface area (Å²) < 4.78 is 66.7. The summed E-state index contributed by atoms with van der Waals surface area (Å²) in [5.74, 6) is 0.0793. The molecule has 0 aromatic heterocycles. The average Bonchev–Trinajstić information content (AvgIpc) is 2.95. The number of hydrogen-bond acceptors (Lipinski definition) is 9. The van der Waals surface area contributed by atoms with Crippen LogP contribution in [-0.2, 0) is 25.0 Å². The van der Waals surface area contributed by atoms with E-state index in [0.29, 0.717) is 36.9 Å². The maximum Gasteiger partial charge on any atom is 0.340 e. The molecule has 0 saturated carbocycles. The Balaban J connectivity index is 0.00000323. The molecule has 43 heavy (non-hydrogen) atoms. The Morgan fingerprint density at radius 2 is 1.56 bits per heavy atom. The molecule has 2 saturated heterocycles. The molecule has 16 heteroatoms. The third-order valence-electron chi connectivity index (χ3n) is 7.14. The number of sulfonamides is 1. The molecular weight excluding hydrogens is 641 g/mol. The quantitative estimate of drug-likeness (QED) is 0.0994. The largest absolute Gasteiger partial charge is 0.493 e. The van der Waals surface area contributed by atoms with Crippen LogP contribution in [-0.4, -0.2) is 77.4 Å². The maximum atomic E-state index is 13.7. The normalized spacial score (nSPS) is 16.9. The first kappa shape index (κ1) is 36.9. The molecule has 2 aromatic rings. The average molecular weight is 683 g/mol. The van der Waals surface area contributed by atoms with E-state index in [1.165, 1.54) is 60.0 Å². The van der Waals surface area contributed by atoms with E-state index in [0.717, 1.165) is 25.9 Å². The molecule has 0 atom stereocenters. The summed E-state index contributed by atoms with van der Waals surface area (Å²) in [4.78, 5) is 6.73. The molecule has 12 nitrogen and oxygen atoms in total. The highest BCUT2D eigenvalue weighted by molar-refractivity contribution is 7.91. The second-order valence-corrected chi connectivity index (χ2v) is 13.7. The van der Waals surface area contributed by atoms with Gasteiger partial charge in [-0.2, -0.15) is 12.7 Å². The van der Waals surface area contributed by atoms with Crippen LogP contribution < -0.4 is 20.1 Å². The van der Waals surface area contributed by atoms with Gasteiger partial charge in [0.25, 0.3) is 0 Å². The van der Waals surface area contributed by atoms with E-state index in [2.05, 4.69) is 10.4 Å². The van der Waals surface area contributed by atoms with Crippen molar-refractivity contribution in [2.24, 2.45) is 5.73 Å². The molecule has 0 radical (unpaired) electrons. The van der Waals surface area contributed by atoms with E-state index < -0.39 is 25.0 Å². The molecule has 2 aliphatic rings. The highest BCUT2D eigenvalue weighted by Gasteiger charge is 2.36. The molecule has 4 N–H and O–H groups in total. The zero-order chi connectivity index (χ0) is 29.5. The summed E-state index contributed by atoms with van der Waals surface area (Å²) in [6.45, 7) is 5.04. The molecule has 0 unspecified atom stereocenters. The number of aryl methyl sites for hydroxylation is 1. The molecule has 2 aliphatic heterocycles. The first-order valence-electron chi connectivity index (χ1n) is 13.8. The molecule has 0 spiro atoms. The Morgan fingerprint density at radius 1 is 0.930 bits per heavy atom. The van der Waals surface area contributed by atoms with E-state index >= 15 is 0 Å². The lowest BCUT2D eigenvalue weighted by molar-refractivity contribution is 0.0733. The topological polar surface area (TPSA) is 164 Å². The van der Waals surface area contributed by atoms with Crippen LogP contribution in [0.2, 0.25) is 0 Å². The van der Waals surface area contributed by atoms with Gasteiger partial charge in [-0.05, 0) is 75.5 Å². The van der Waals surface area contributed by atoms with Crippen molar-refractivity contribution >= 4 is 50.9 Å². The minimum absolute atomic E-state index is 0. The van der Waals surface area contributed by atoms with Gasteiger partial charge in [-0.1, -0.05) is 18.6 Å². The third-order valence-corrected chi connectivity index (χ3v) is 10.5. The van der Waals surface area contributed by atoms with Crippen LogP contribution in [0.5, 0.6) is 11.5 Å². The molecule has 2 heterocycles. The number of nitrogens with zero attached hydrogens (tertiary/aromatic N) is 2. The van der Waals surface area contributed by atoms with Gasteiger partial charge in [-0.3, -0.25) is 10.2 Å². The number of ether oxygens (including phenoxy) is 1. The van der Waals surface area contributed by atoms with E-state index in [1.54, 1.807) is 13.0 Å². The van der Waals surface area contributed by atoms with Gasteiger partial charge < -0.3 is 19.6 Å². The van der Waals surface area contributed by atoms with Gasteiger partial charge in [0.1, 0.15) is 21.3 Å². The van der Waals surface area contributed by atoms with Gasteiger partial charge >= 0.3 is 10.1 Å². The lowest BCUT2D eigenvalue weighted by atomic mass is 10.0. The summed E-state index contributed by atoms with van der Waals surface area (Å²) >= 11 is 0. The van der Waals surface area contributed by atoms with E-state index in [9.17, 15) is 16.8 Å². The molecule has 0 amide bonds. The molecular formula is C27H41Cl2N5O7S2. The molecule has 0 bridgehead atoms. The summed E-state index contributed by atoms with van der Waals surface area (Å²) in [6, 6.07) is 10.6. The zero-order valence-electron chi connectivity index (χ0n) is 24.1. The van der Waals surface area contributed by atoms with Gasteiger partial charge in [0.15, 0.2) is 0 Å². The monoisotopic (exact) mass is 681 g/mol. The highest BCUT2D eigenvalue weighted by atomic mass is 35.5. The van der Waals surface area contributed by atoms with Crippen LogP contribution in [0, 0.1) is 12.3 Å². The fraction of sp³-hybridized carbons (Fsp3) is 0.519. The van der Waals surface area contributed by atoms with Gasteiger partial charge in [0.05, 0.1) is 13.2 Å². The highest BCUT2D eigenvalue weighted by Crippen LogP contribution is 2.31. The summed E-state index contributed by atoms with van der Waals surface area (Å²) in [6.07, 6.45) is 5.50. The SMILES string of the molecule is Cc1cc(OCCCONC(=N)N)cc(OS(=O)(=O)c2ccccc2S(=O)(=O)N2CCC(N3CCCCC3)CC2)c1.Cl.Cl. The summed E-state index contributed by atoms with van der Waals surface area (Å²) in [7, 11) is -8.57. The minimum atomic E-state index is -4.50. The number of likely N-dealkylation sites (tertiary alicyclic amines) is 1. The Morgan fingerprint density at radius 3 is 2.21 bits per heavy atom. The van der Waals surface area contributed by atoms with Crippen molar-refractivity contribution in [1.82, 2.24) is 14.7 Å². The van der Waals surface area contributed by atoms with Crippen LogP contribution in [0.4, 0.5) is 0 Å². The van der Waals surface area contributed by atoms with E-state index in [1.807, 2.05) is 0 Å². The number of halogens is 2. The number of nitrogens with one attached hydrogen (secondary N) is 2. The lowest BCUT2D eigenvalue weighted by Crippen LogP contribution is -2.48. The molecule has 242 valence electrons. The number of piperidine rings is 2. The van der Waals surface area contributed by atoms with Crippen LogP contribution in [0.3, 0.4) is 0 Å². The van der Waals surface area contributed by atoms with Gasteiger partial charge in [-0.25, -0.2) is 13.9 Å². The van der Waals surface area contributed by atoms with Gasteiger partial charge in [-0.15, -0.1) is 24.8 Å². The smallest absolute Gasteiger partial charge is 0.340 e. The number of nitrogens with two attached hydrogens (primary N) is 1. The Hall–Kier alpha value is -2.33. The second-order valence-electron chi connectivity index (χ2n) is 10.3. The van der Waals surface area contributed by atoms with Crippen LogP contribution >= 0.6 is 24.8 Å². The lowest BCUT2D eigenvalue weighted by Gasteiger charge is -2.39. The van der Waals surface area contributed by atoms with Crippen molar-refractivity contribution in [2.75, 3.05) is 39.4 Å². The van der Waals surface area contributed by atoms with Gasteiger partial charge in [0.2, 0.25) is 16.0 Å². The predicted molar refractivity (Wildman–Crippen MR) is 168 cm³/mol. The predicted octanol–water partition coefficient (Wildman–Crippen LogP) is 3.43. The van der Waals surface area contributed by atoms with Crippen molar-refractivity contribution in [2.45, 2.75) is 61.3 Å². The number of hydrogen-bond donors (Lipinski definition) is 3. The van der Waals surface area contributed by atoms with Crippen molar-refractivity contribution in [1.29, 1.82) is 5.41 Å². The number of hydroxylamine groups is 1. The molecule has 0 aliphatic carbocycles. The fourth-order valence-electron chi connectivity index (χ4n) is 5.21. The van der Waals surface area contributed by atoms with Crippen molar-refractivity contribution in [3.63, 3.8) is 0 Å². The third kappa shape index (κ3) is 10.1. The number of benzene rings is 2. The van der Waals surface area contributed by atoms with Crippen molar-refractivity contribution in [3.8, 4) is 11.5 Å². The van der Waals surface area contributed by atoms with Crippen molar-refractivity contribution < 1.29 is 30.6 Å². The van der Waals surface area contributed by atoms with E-state index in [-0.39, 0.29) is 54.6 Å². The summed E-state index contributed by atoms with van der Waals surface area (Å²) in [5, 5.41) is 7.04. The minimum Gasteiger partial charge on any atom is -0.493 e. The molecule has 4 rings (SSSR count). The Bertz CT molecular complexity index is 1420. The Labute approximate surface area is 266 Å². The fourth-order valence-corrected chi connectivity index (χ4v) is 8.37. The first-order valence-corrected chi connectivity index (χ1v) is 16.6. The zero-order valence-corrected chi connectivity index (χ0v) is 27.3. The second kappa shape index (κ2) is 16.7. The molecule has 2 aromatic carbocycles.